The van der Waals surface area contributed by atoms with Crippen LogP contribution < -0.4 is 5.43 Å². The molecule has 3 aliphatic rings. The van der Waals surface area contributed by atoms with Crippen molar-refractivity contribution in [2.45, 2.75) is 69.9 Å². The molecule has 0 bridgehead atoms. The van der Waals surface area contributed by atoms with Crippen LogP contribution in [-0.4, -0.2) is 40.2 Å². The highest BCUT2D eigenvalue weighted by Crippen LogP contribution is 2.41. The van der Waals surface area contributed by atoms with Crippen LogP contribution in [0.2, 0.25) is 5.02 Å². The van der Waals surface area contributed by atoms with E-state index in [0.717, 1.165) is 17.9 Å². The molecule has 1 fully saturated rings. The summed E-state index contributed by atoms with van der Waals surface area (Å²) in [6.07, 6.45) is 9.76. The molecule has 1 atom stereocenters. The van der Waals surface area contributed by atoms with Crippen molar-refractivity contribution in [2.24, 2.45) is 0 Å². The van der Waals surface area contributed by atoms with Gasteiger partial charge in [-0.05, 0) is 42.5 Å². The third-order valence-corrected chi connectivity index (χ3v) is 6.72. The molecule has 1 unspecified atom stereocenters. The normalized spacial score (nSPS) is 24.9. The molecule has 5 nitrogen and oxygen atoms in total. The summed E-state index contributed by atoms with van der Waals surface area (Å²) in [6, 6.07) is 8.87. The topological polar surface area (TPSA) is 55.8 Å². The van der Waals surface area contributed by atoms with E-state index in [1.54, 1.807) is 4.90 Å². The Labute approximate surface area is 172 Å². The second-order valence-corrected chi connectivity index (χ2v) is 8.68. The van der Waals surface area contributed by atoms with E-state index in [9.17, 15) is 9.90 Å². The SMILES string of the molecule is O=C(O)N1CCC2=C(CC1)C(c1ccc(Cl)cc1)N(C1CCCCCCC1)N2. The van der Waals surface area contributed by atoms with Crippen LogP contribution in [0.5, 0.6) is 0 Å². The molecule has 1 aromatic rings. The van der Waals surface area contributed by atoms with Crippen molar-refractivity contribution in [2.75, 3.05) is 13.1 Å². The van der Waals surface area contributed by atoms with Gasteiger partial charge in [0.05, 0.1) is 6.04 Å². The van der Waals surface area contributed by atoms with Crippen molar-refractivity contribution in [3.8, 4) is 0 Å². The van der Waals surface area contributed by atoms with Crippen molar-refractivity contribution in [3.05, 3.63) is 46.1 Å². The lowest BCUT2D eigenvalue weighted by Gasteiger charge is -2.36. The molecule has 2 heterocycles. The summed E-state index contributed by atoms with van der Waals surface area (Å²) in [6.45, 7) is 1.13. The first-order valence-electron chi connectivity index (χ1n) is 10.6. The van der Waals surface area contributed by atoms with Crippen LogP contribution in [-0.2, 0) is 0 Å². The third-order valence-electron chi connectivity index (χ3n) is 6.47. The maximum atomic E-state index is 11.5. The number of benzene rings is 1. The fourth-order valence-corrected chi connectivity index (χ4v) is 5.08. The Kier molecular flexibility index (Phi) is 6.12. The molecule has 0 radical (unpaired) electrons. The lowest BCUT2D eigenvalue weighted by Crippen LogP contribution is -2.44. The first-order valence-corrected chi connectivity index (χ1v) is 11.0. The minimum absolute atomic E-state index is 0.172. The van der Waals surface area contributed by atoms with E-state index in [1.807, 2.05) is 12.1 Å². The molecule has 2 N–H and O–H groups in total. The smallest absolute Gasteiger partial charge is 0.407 e. The molecule has 0 spiro atoms. The Balaban J connectivity index is 1.62. The van der Waals surface area contributed by atoms with Gasteiger partial charge in [-0.15, -0.1) is 0 Å². The van der Waals surface area contributed by atoms with Crippen LogP contribution >= 0.6 is 11.6 Å². The lowest BCUT2D eigenvalue weighted by molar-refractivity contribution is 0.0965. The van der Waals surface area contributed by atoms with Crippen LogP contribution in [0, 0.1) is 0 Å². The third kappa shape index (κ3) is 4.15. The standard InChI is InChI=1S/C22H30ClN3O2/c23-17-10-8-16(9-11-17)21-19-12-14-25(22(27)28)15-13-20(19)24-26(21)18-6-4-2-1-3-5-7-18/h8-11,18,21,24H,1-7,12-15H2,(H,27,28). The highest BCUT2D eigenvalue weighted by Gasteiger charge is 2.38. The van der Waals surface area contributed by atoms with Gasteiger partial charge in [0.25, 0.3) is 0 Å². The number of hydrogen-bond acceptors (Lipinski definition) is 3. The Morgan fingerprint density at radius 1 is 1.00 bits per heavy atom. The van der Waals surface area contributed by atoms with Crippen LogP contribution in [0.15, 0.2) is 35.5 Å². The van der Waals surface area contributed by atoms with Gasteiger partial charge in [0.2, 0.25) is 0 Å². The van der Waals surface area contributed by atoms with E-state index in [-0.39, 0.29) is 6.04 Å². The largest absolute Gasteiger partial charge is 0.465 e. The maximum Gasteiger partial charge on any atom is 0.407 e. The van der Waals surface area contributed by atoms with Gasteiger partial charge in [-0.1, -0.05) is 55.8 Å². The molecule has 0 aromatic heterocycles. The van der Waals surface area contributed by atoms with Crippen LogP contribution in [0.4, 0.5) is 4.79 Å². The molecule has 2 aliphatic heterocycles. The van der Waals surface area contributed by atoms with Crippen molar-refractivity contribution in [1.29, 1.82) is 0 Å². The minimum atomic E-state index is -0.818. The molecule has 0 saturated heterocycles. The fourth-order valence-electron chi connectivity index (χ4n) is 4.96. The number of rotatable bonds is 2. The Bertz CT molecular complexity index is 726. The summed E-state index contributed by atoms with van der Waals surface area (Å²) < 4.78 is 0. The fraction of sp³-hybridized carbons (Fsp3) is 0.591. The highest BCUT2D eigenvalue weighted by atomic mass is 35.5. The predicted octanol–water partition coefficient (Wildman–Crippen LogP) is 5.34. The lowest BCUT2D eigenvalue weighted by atomic mass is 9.91. The summed E-state index contributed by atoms with van der Waals surface area (Å²) in [5.74, 6) is 0. The summed E-state index contributed by atoms with van der Waals surface area (Å²) in [4.78, 5) is 13.0. The summed E-state index contributed by atoms with van der Waals surface area (Å²) in [5.41, 5.74) is 7.56. The second-order valence-electron chi connectivity index (χ2n) is 8.25. The molecule has 1 amide bonds. The number of hydrogen-bond donors (Lipinski definition) is 2. The van der Waals surface area contributed by atoms with E-state index >= 15 is 0 Å². The van der Waals surface area contributed by atoms with Gasteiger partial charge in [-0.2, -0.15) is 0 Å². The zero-order chi connectivity index (χ0) is 19.5. The van der Waals surface area contributed by atoms with Crippen molar-refractivity contribution < 1.29 is 9.90 Å². The Hall–Kier alpha value is -1.72. The molecule has 1 saturated carbocycles. The molecule has 1 aliphatic carbocycles. The number of halogens is 1. The van der Waals surface area contributed by atoms with Crippen LogP contribution in [0.3, 0.4) is 0 Å². The summed E-state index contributed by atoms with van der Waals surface area (Å²) in [5, 5.41) is 12.6. The van der Waals surface area contributed by atoms with E-state index in [1.165, 1.54) is 61.8 Å². The van der Waals surface area contributed by atoms with Crippen molar-refractivity contribution in [1.82, 2.24) is 15.3 Å². The van der Waals surface area contributed by atoms with Gasteiger partial charge in [-0.3, -0.25) is 0 Å². The van der Waals surface area contributed by atoms with E-state index in [0.29, 0.717) is 19.1 Å². The van der Waals surface area contributed by atoms with Crippen molar-refractivity contribution >= 4 is 17.7 Å². The van der Waals surface area contributed by atoms with E-state index < -0.39 is 6.09 Å². The van der Waals surface area contributed by atoms with Gasteiger partial charge < -0.3 is 15.4 Å². The zero-order valence-electron chi connectivity index (χ0n) is 16.4. The average molecular weight is 404 g/mol. The van der Waals surface area contributed by atoms with Gasteiger partial charge >= 0.3 is 6.09 Å². The second kappa shape index (κ2) is 8.75. The number of amides is 1. The van der Waals surface area contributed by atoms with Gasteiger partial charge in [0, 0.05) is 36.3 Å². The number of nitrogens with zero attached hydrogens (tertiary/aromatic N) is 2. The summed E-state index contributed by atoms with van der Waals surface area (Å²) >= 11 is 6.15. The molecule has 4 rings (SSSR count). The molecular formula is C22H30ClN3O2. The Morgan fingerprint density at radius 3 is 2.32 bits per heavy atom. The molecule has 6 heteroatoms. The number of hydrazine groups is 1. The summed E-state index contributed by atoms with van der Waals surface area (Å²) in [7, 11) is 0. The number of carbonyl (C=O) groups is 1. The van der Waals surface area contributed by atoms with E-state index in [2.05, 4.69) is 22.6 Å². The van der Waals surface area contributed by atoms with Gasteiger partial charge in [0.1, 0.15) is 0 Å². The Morgan fingerprint density at radius 2 is 1.64 bits per heavy atom. The molecule has 1 aromatic carbocycles. The molecular weight excluding hydrogens is 374 g/mol. The molecule has 28 heavy (non-hydrogen) atoms. The first-order chi connectivity index (χ1) is 13.6. The first kappa shape index (κ1) is 19.6. The van der Waals surface area contributed by atoms with Gasteiger partial charge in [-0.25, -0.2) is 9.80 Å². The van der Waals surface area contributed by atoms with Crippen LogP contribution in [0.1, 0.15) is 69.4 Å². The van der Waals surface area contributed by atoms with Crippen LogP contribution in [0.25, 0.3) is 0 Å². The maximum absolute atomic E-state index is 11.5. The van der Waals surface area contributed by atoms with Gasteiger partial charge in [0.15, 0.2) is 0 Å². The van der Waals surface area contributed by atoms with E-state index in [4.69, 9.17) is 11.6 Å². The number of nitrogens with one attached hydrogen (secondary N) is 1. The minimum Gasteiger partial charge on any atom is -0.465 e. The zero-order valence-corrected chi connectivity index (χ0v) is 17.1. The van der Waals surface area contributed by atoms with Crippen molar-refractivity contribution in [3.63, 3.8) is 0 Å². The highest BCUT2D eigenvalue weighted by molar-refractivity contribution is 6.30. The average Bonchev–Trinajstić information content (AvgIpc) is 2.87. The molecule has 152 valence electrons. The number of carboxylic acid groups (broad SMARTS) is 1. The monoisotopic (exact) mass is 403 g/mol. The predicted molar refractivity (Wildman–Crippen MR) is 111 cm³/mol. The quantitative estimate of drug-likeness (QED) is 0.699.